The van der Waals surface area contributed by atoms with Crippen LogP contribution in [0.15, 0.2) is 0 Å². The Hall–Kier alpha value is -0.600. The van der Waals surface area contributed by atoms with E-state index in [2.05, 4.69) is 11.4 Å². The highest BCUT2D eigenvalue weighted by atomic mass is 32.2. The summed E-state index contributed by atoms with van der Waals surface area (Å²) in [5.41, 5.74) is -0.831. The maximum Gasteiger partial charge on any atom is 0.153 e. The van der Waals surface area contributed by atoms with E-state index in [1.54, 1.807) is 0 Å². The van der Waals surface area contributed by atoms with E-state index in [9.17, 15) is 13.7 Å². The van der Waals surface area contributed by atoms with E-state index in [4.69, 9.17) is 0 Å². The number of sulfone groups is 1. The van der Waals surface area contributed by atoms with Crippen molar-refractivity contribution in [3.05, 3.63) is 0 Å². The first-order valence-corrected chi connectivity index (χ1v) is 8.31. The van der Waals surface area contributed by atoms with Crippen LogP contribution in [0, 0.1) is 11.3 Å². The standard InChI is InChI=1S/C12H20N2O2S/c1-17(15,16)11-7-4-8-12(11,9-13)14-10-5-2-3-6-10/h10-11,14H,2-8H2,1H3. The van der Waals surface area contributed by atoms with Crippen molar-refractivity contribution in [3.8, 4) is 6.07 Å². The minimum absolute atomic E-state index is 0.331. The molecule has 2 atom stereocenters. The van der Waals surface area contributed by atoms with Gasteiger partial charge in [-0.05, 0) is 32.1 Å². The van der Waals surface area contributed by atoms with Crippen molar-refractivity contribution in [1.29, 1.82) is 5.26 Å². The van der Waals surface area contributed by atoms with Crippen LogP contribution in [0.3, 0.4) is 0 Å². The molecule has 0 aromatic heterocycles. The first-order chi connectivity index (χ1) is 7.98. The number of rotatable bonds is 3. The summed E-state index contributed by atoms with van der Waals surface area (Å²) in [5, 5.41) is 12.3. The fourth-order valence-electron chi connectivity index (χ4n) is 3.31. The number of nitrogens with zero attached hydrogens (tertiary/aromatic N) is 1. The molecule has 2 aliphatic rings. The third-order valence-electron chi connectivity index (χ3n) is 4.12. The molecule has 4 nitrogen and oxygen atoms in total. The molecule has 96 valence electrons. The van der Waals surface area contributed by atoms with Crippen LogP contribution in [-0.4, -0.2) is 31.5 Å². The lowest BCUT2D eigenvalue weighted by Crippen LogP contribution is -2.55. The van der Waals surface area contributed by atoms with Crippen molar-refractivity contribution < 1.29 is 8.42 Å². The Morgan fingerprint density at radius 2 is 1.88 bits per heavy atom. The van der Waals surface area contributed by atoms with Crippen LogP contribution in [0.4, 0.5) is 0 Å². The van der Waals surface area contributed by atoms with Gasteiger partial charge in [-0.1, -0.05) is 12.8 Å². The third-order valence-corrected chi connectivity index (χ3v) is 5.79. The molecule has 5 heteroatoms. The number of nitrogens with one attached hydrogen (secondary N) is 1. The van der Waals surface area contributed by atoms with Gasteiger partial charge in [0.1, 0.15) is 5.54 Å². The van der Waals surface area contributed by atoms with Crippen LogP contribution in [-0.2, 0) is 9.84 Å². The Bertz CT molecular complexity index is 420. The minimum Gasteiger partial charge on any atom is -0.296 e. The molecular formula is C12H20N2O2S. The lowest BCUT2D eigenvalue weighted by Gasteiger charge is -2.31. The van der Waals surface area contributed by atoms with Crippen molar-refractivity contribution in [2.75, 3.05) is 6.26 Å². The molecule has 0 heterocycles. The summed E-state index contributed by atoms with van der Waals surface area (Å²) < 4.78 is 23.6. The molecule has 2 saturated carbocycles. The van der Waals surface area contributed by atoms with Crippen LogP contribution in [0.1, 0.15) is 44.9 Å². The van der Waals surface area contributed by atoms with Crippen LogP contribution >= 0.6 is 0 Å². The number of hydrogen-bond acceptors (Lipinski definition) is 4. The average molecular weight is 256 g/mol. The molecular weight excluding hydrogens is 236 g/mol. The lowest BCUT2D eigenvalue weighted by molar-refractivity contribution is 0.360. The van der Waals surface area contributed by atoms with E-state index < -0.39 is 20.6 Å². The normalized spacial score (nSPS) is 34.9. The molecule has 0 amide bonds. The SMILES string of the molecule is CS(=O)(=O)C1CCCC1(C#N)NC1CCCC1. The fourth-order valence-corrected chi connectivity index (χ4v) is 4.88. The van der Waals surface area contributed by atoms with Gasteiger partial charge in [0, 0.05) is 12.3 Å². The van der Waals surface area contributed by atoms with Gasteiger partial charge in [-0.3, -0.25) is 5.32 Å². The van der Waals surface area contributed by atoms with Gasteiger partial charge < -0.3 is 0 Å². The highest BCUT2D eigenvalue weighted by Gasteiger charge is 2.49. The molecule has 2 aliphatic carbocycles. The Kier molecular flexibility index (Phi) is 3.46. The van der Waals surface area contributed by atoms with E-state index >= 15 is 0 Å². The van der Waals surface area contributed by atoms with Gasteiger partial charge >= 0.3 is 0 Å². The Morgan fingerprint density at radius 3 is 2.41 bits per heavy atom. The Labute approximate surface area is 103 Å². The smallest absolute Gasteiger partial charge is 0.153 e. The third kappa shape index (κ3) is 2.48. The molecule has 0 aromatic carbocycles. The fraction of sp³-hybridized carbons (Fsp3) is 0.917. The van der Waals surface area contributed by atoms with Gasteiger partial charge in [-0.25, -0.2) is 8.42 Å². The van der Waals surface area contributed by atoms with E-state index in [0.717, 1.165) is 19.3 Å². The molecule has 0 aromatic rings. The quantitative estimate of drug-likeness (QED) is 0.828. The molecule has 0 radical (unpaired) electrons. The monoisotopic (exact) mass is 256 g/mol. The van der Waals surface area contributed by atoms with E-state index in [1.165, 1.54) is 19.1 Å². The summed E-state index contributed by atoms with van der Waals surface area (Å²) in [6, 6.07) is 2.60. The summed E-state index contributed by atoms with van der Waals surface area (Å²) in [4.78, 5) is 0. The van der Waals surface area contributed by atoms with Crippen molar-refractivity contribution in [2.24, 2.45) is 0 Å². The molecule has 2 fully saturated rings. The largest absolute Gasteiger partial charge is 0.296 e. The Balaban J connectivity index is 2.20. The molecule has 0 bridgehead atoms. The molecule has 2 rings (SSSR count). The van der Waals surface area contributed by atoms with Crippen molar-refractivity contribution in [3.63, 3.8) is 0 Å². The van der Waals surface area contributed by atoms with E-state index in [-0.39, 0.29) is 0 Å². The topological polar surface area (TPSA) is 70.0 Å². The van der Waals surface area contributed by atoms with Crippen LogP contribution in [0.25, 0.3) is 0 Å². The van der Waals surface area contributed by atoms with Gasteiger partial charge in [0.25, 0.3) is 0 Å². The van der Waals surface area contributed by atoms with E-state index in [0.29, 0.717) is 18.9 Å². The highest BCUT2D eigenvalue weighted by Crippen LogP contribution is 2.36. The summed E-state index contributed by atoms with van der Waals surface area (Å²) >= 11 is 0. The van der Waals surface area contributed by atoms with Gasteiger partial charge in [0.2, 0.25) is 0 Å². The second kappa shape index (κ2) is 4.58. The van der Waals surface area contributed by atoms with Crippen molar-refractivity contribution in [1.82, 2.24) is 5.32 Å². The second-order valence-corrected chi connectivity index (χ2v) is 7.65. The van der Waals surface area contributed by atoms with Crippen LogP contribution < -0.4 is 5.32 Å². The predicted octanol–water partition coefficient (Wildman–Crippen LogP) is 1.38. The first-order valence-electron chi connectivity index (χ1n) is 6.36. The van der Waals surface area contributed by atoms with Crippen molar-refractivity contribution in [2.45, 2.75) is 61.8 Å². The zero-order valence-electron chi connectivity index (χ0n) is 10.3. The van der Waals surface area contributed by atoms with Gasteiger partial charge in [-0.2, -0.15) is 5.26 Å². The molecule has 0 aliphatic heterocycles. The minimum atomic E-state index is -3.15. The van der Waals surface area contributed by atoms with Gasteiger partial charge in [0.15, 0.2) is 9.84 Å². The first kappa shape index (κ1) is 12.8. The highest BCUT2D eigenvalue weighted by molar-refractivity contribution is 7.91. The van der Waals surface area contributed by atoms with E-state index in [1.807, 2.05) is 0 Å². The number of hydrogen-bond donors (Lipinski definition) is 1. The second-order valence-electron chi connectivity index (χ2n) is 5.42. The summed E-state index contributed by atoms with van der Waals surface area (Å²) in [6.07, 6.45) is 7.87. The molecule has 17 heavy (non-hydrogen) atoms. The summed E-state index contributed by atoms with van der Waals surface area (Å²) in [7, 11) is -3.15. The van der Waals surface area contributed by atoms with Gasteiger partial charge in [-0.15, -0.1) is 0 Å². The zero-order chi connectivity index (χ0) is 12.5. The Morgan fingerprint density at radius 1 is 1.24 bits per heavy atom. The predicted molar refractivity (Wildman–Crippen MR) is 66.2 cm³/mol. The molecule has 1 N–H and O–H groups in total. The van der Waals surface area contributed by atoms with Crippen LogP contribution in [0.5, 0.6) is 0 Å². The lowest BCUT2D eigenvalue weighted by atomic mass is 9.97. The summed E-state index contributed by atoms with van der Waals surface area (Å²) in [5.74, 6) is 0. The van der Waals surface area contributed by atoms with Crippen LogP contribution in [0.2, 0.25) is 0 Å². The molecule has 0 saturated heterocycles. The average Bonchev–Trinajstić information content (AvgIpc) is 2.87. The summed E-state index contributed by atoms with van der Waals surface area (Å²) in [6.45, 7) is 0. The zero-order valence-corrected chi connectivity index (χ0v) is 11.1. The molecule has 0 spiro atoms. The number of nitriles is 1. The molecule has 2 unspecified atom stereocenters. The van der Waals surface area contributed by atoms with Crippen molar-refractivity contribution >= 4 is 9.84 Å². The maximum atomic E-state index is 11.8. The van der Waals surface area contributed by atoms with Gasteiger partial charge in [0.05, 0.1) is 11.3 Å². The maximum absolute atomic E-state index is 11.8.